The molecule has 1 atom stereocenters. The summed E-state index contributed by atoms with van der Waals surface area (Å²) in [4.78, 5) is 4.52. The minimum absolute atomic E-state index is 0.201. The van der Waals surface area contributed by atoms with Crippen molar-refractivity contribution < 1.29 is 4.74 Å². The summed E-state index contributed by atoms with van der Waals surface area (Å²) in [5.41, 5.74) is 1.39. The van der Waals surface area contributed by atoms with Crippen LogP contribution in [0, 0.1) is 6.92 Å². The van der Waals surface area contributed by atoms with Gasteiger partial charge in [-0.1, -0.05) is 19.3 Å². The Labute approximate surface area is 119 Å². The van der Waals surface area contributed by atoms with Gasteiger partial charge in [0.05, 0.1) is 16.3 Å². The lowest BCUT2D eigenvalue weighted by Crippen LogP contribution is -2.47. The molecule has 2 fully saturated rings. The molecular weight excluding hydrogens is 256 g/mol. The molecule has 0 amide bonds. The monoisotopic (exact) mass is 280 g/mol. The Morgan fingerprint density at radius 1 is 1.42 bits per heavy atom. The Morgan fingerprint density at radius 3 is 3.00 bits per heavy atom. The predicted octanol–water partition coefficient (Wildman–Crippen LogP) is 3.42. The minimum Gasteiger partial charge on any atom is -0.375 e. The van der Waals surface area contributed by atoms with E-state index in [-0.39, 0.29) is 5.60 Å². The van der Waals surface area contributed by atoms with Crippen molar-refractivity contribution in [1.82, 2.24) is 10.3 Å². The second kappa shape index (κ2) is 5.90. The average molecular weight is 280 g/mol. The van der Waals surface area contributed by atoms with E-state index in [2.05, 4.69) is 22.6 Å². The zero-order valence-electron chi connectivity index (χ0n) is 11.8. The van der Waals surface area contributed by atoms with Crippen LogP contribution < -0.4 is 5.32 Å². The number of nitrogens with zero attached hydrogens (tertiary/aromatic N) is 1. The van der Waals surface area contributed by atoms with Crippen molar-refractivity contribution in [3.63, 3.8) is 0 Å². The molecule has 1 aromatic heterocycles. The highest BCUT2D eigenvalue weighted by molar-refractivity contribution is 7.09. The minimum atomic E-state index is 0.201. The van der Waals surface area contributed by atoms with Gasteiger partial charge in [-0.2, -0.15) is 0 Å². The van der Waals surface area contributed by atoms with E-state index in [0.29, 0.717) is 6.04 Å². The first-order valence-electron chi connectivity index (χ1n) is 7.54. The first kappa shape index (κ1) is 13.5. The molecule has 1 spiro atoms. The van der Waals surface area contributed by atoms with E-state index >= 15 is 0 Å². The van der Waals surface area contributed by atoms with Crippen molar-refractivity contribution in [1.29, 1.82) is 0 Å². The smallest absolute Gasteiger partial charge is 0.0897 e. The van der Waals surface area contributed by atoms with Crippen molar-refractivity contribution in [2.75, 3.05) is 6.61 Å². The van der Waals surface area contributed by atoms with Crippen LogP contribution in [-0.2, 0) is 11.3 Å². The molecule has 0 aromatic carbocycles. The molecule has 0 radical (unpaired) electrons. The fourth-order valence-electron chi connectivity index (χ4n) is 3.48. The number of thiazole rings is 1. The number of hydrogen-bond acceptors (Lipinski definition) is 4. The zero-order chi connectivity index (χ0) is 13.1. The van der Waals surface area contributed by atoms with Crippen LogP contribution in [0.25, 0.3) is 0 Å². The van der Waals surface area contributed by atoms with Crippen molar-refractivity contribution in [2.24, 2.45) is 0 Å². The second-order valence-corrected chi connectivity index (χ2v) is 7.08. The molecule has 1 aromatic rings. The predicted molar refractivity (Wildman–Crippen MR) is 78.5 cm³/mol. The Bertz CT molecular complexity index is 407. The summed E-state index contributed by atoms with van der Waals surface area (Å²) in [5, 5.41) is 7.01. The lowest BCUT2D eigenvalue weighted by atomic mass is 9.78. The van der Waals surface area contributed by atoms with E-state index in [9.17, 15) is 0 Å². The van der Waals surface area contributed by atoms with Crippen molar-refractivity contribution in [2.45, 2.75) is 70.1 Å². The molecule has 1 saturated carbocycles. The number of rotatable bonds is 3. The van der Waals surface area contributed by atoms with Crippen LogP contribution in [0.15, 0.2) is 5.38 Å². The maximum Gasteiger partial charge on any atom is 0.0897 e. The summed E-state index contributed by atoms with van der Waals surface area (Å²) in [6.07, 6.45) is 8.94. The van der Waals surface area contributed by atoms with Crippen molar-refractivity contribution >= 4 is 11.3 Å². The Kier molecular flexibility index (Phi) is 4.20. The van der Waals surface area contributed by atoms with Gasteiger partial charge in [0.25, 0.3) is 0 Å². The van der Waals surface area contributed by atoms with E-state index < -0.39 is 0 Å². The highest BCUT2D eigenvalue weighted by Gasteiger charge is 2.38. The first-order chi connectivity index (χ1) is 9.26. The van der Waals surface area contributed by atoms with Gasteiger partial charge < -0.3 is 10.1 Å². The van der Waals surface area contributed by atoms with Gasteiger partial charge in [0.15, 0.2) is 0 Å². The Hall–Kier alpha value is -0.450. The highest BCUT2D eigenvalue weighted by atomic mass is 32.1. The van der Waals surface area contributed by atoms with Crippen LogP contribution in [0.2, 0.25) is 0 Å². The van der Waals surface area contributed by atoms with Gasteiger partial charge in [-0.25, -0.2) is 4.98 Å². The molecular formula is C15H24N2OS. The number of hydrogen-bond donors (Lipinski definition) is 1. The summed E-state index contributed by atoms with van der Waals surface area (Å²) in [6, 6.07) is 0.605. The molecule has 1 saturated heterocycles. The summed E-state index contributed by atoms with van der Waals surface area (Å²) >= 11 is 1.74. The molecule has 4 heteroatoms. The molecule has 1 unspecified atom stereocenters. The maximum atomic E-state index is 6.14. The summed E-state index contributed by atoms with van der Waals surface area (Å²) in [6.45, 7) is 3.90. The molecule has 19 heavy (non-hydrogen) atoms. The van der Waals surface area contributed by atoms with E-state index in [4.69, 9.17) is 4.74 Å². The van der Waals surface area contributed by atoms with Gasteiger partial charge in [0.2, 0.25) is 0 Å². The third-order valence-corrected chi connectivity index (χ3v) is 5.32. The van der Waals surface area contributed by atoms with Crippen LogP contribution in [0.3, 0.4) is 0 Å². The molecule has 0 bridgehead atoms. The highest BCUT2D eigenvalue weighted by Crippen LogP contribution is 2.38. The molecule has 1 aliphatic heterocycles. The van der Waals surface area contributed by atoms with Crippen LogP contribution in [0.5, 0.6) is 0 Å². The Balaban J connectivity index is 1.53. The molecule has 2 heterocycles. The number of nitrogens with one attached hydrogen (secondary N) is 1. The largest absolute Gasteiger partial charge is 0.375 e. The first-order valence-corrected chi connectivity index (χ1v) is 8.42. The average Bonchev–Trinajstić information content (AvgIpc) is 2.83. The quantitative estimate of drug-likeness (QED) is 0.921. The normalized spacial score (nSPS) is 26.7. The number of aromatic nitrogens is 1. The van der Waals surface area contributed by atoms with E-state index in [1.807, 2.05) is 0 Å². The third kappa shape index (κ3) is 3.36. The van der Waals surface area contributed by atoms with Crippen LogP contribution in [-0.4, -0.2) is 23.2 Å². The van der Waals surface area contributed by atoms with Gasteiger partial charge in [-0.3, -0.25) is 0 Å². The maximum absolute atomic E-state index is 6.14. The van der Waals surface area contributed by atoms with Crippen LogP contribution >= 0.6 is 11.3 Å². The molecule has 2 aliphatic rings. The van der Waals surface area contributed by atoms with Gasteiger partial charge in [-0.15, -0.1) is 11.3 Å². The fraction of sp³-hybridized carbons (Fsp3) is 0.800. The van der Waals surface area contributed by atoms with Gasteiger partial charge in [0, 0.05) is 24.6 Å². The van der Waals surface area contributed by atoms with Crippen LogP contribution in [0.4, 0.5) is 0 Å². The van der Waals surface area contributed by atoms with Crippen molar-refractivity contribution in [3.05, 3.63) is 16.1 Å². The standard InChI is InChI=1S/C15H24N2OS/c1-12-17-14(11-19-12)10-16-13-5-8-18-15(9-13)6-3-2-4-7-15/h11,13,16H,2-10H2,1H3. The van der Waals surface area contributed by atoms with Gasteiger partial charge >= 0.3 is 0 Å². The SMILES string of the molecule is Cc1nc(CNC2CCOC3(CCCCC3)C2)cs1. The molecule has 3 nitrogen and oxygen atoms in total. The molecule has 1 aliphatic carbocycles. The summed E-state index contributed by atoms with van der Waals surface area (Å²) in [7, 11) is 0. The topological polar surface area (TPSA) is 34.2 Å². The fourth-order valence-corrected chi connectivity index (χ4v) is 4.10. The Morgan fingerprint density at radius 2 is 2.26 bits per heavy atom. The lowest BCUT2D eigenvalue weighted by Gasteiger charge is -2.43. The van der Waals surface area contributed by atoms with E-state index in [0.717, 1.165) is 24.6 Å². The molecule has 106 valence electrons. The molecule has 3 rings (SSSR count). The van der Waals surface area contributed by atoms with Gasteiger partial charge in [-0.05, 0) is 32.6 Å². The van der Waals surface area contributed by atoms with Gasteiger partial charge in [0.1, 0.15) is 0 Å². The summed E-state index contributed by atoms with van der Waals surface area (Å²) < 4.78 is 6.14. The van der Waals surface area contributed by atoms with Crippen LogP contribution in [0.1, 0.15) is 55.6 Å². The molecule has 1 N–H and O–H groups in total. The third-order valence-electron chi connectivity index (χ3n) is 4.50. The summed E-state index contributed by atoms with van der Waals surface area (Å²) in [5.74, 6) is 0. The van der Waals surface area contributed by atoms with Crippen molar-refractivity contribution in [3.8, 4) is 0 Å². The van der Waals surface area contributed by atoms with E-state index in [1.54, 1.807) is 11.3 Å². The van der Waals surface area contributed by atoms with E-state index in [1.165, 1.54) is 44.2 Å². The number of ether oxygens (including phenoxy) is 1. The second-order valence-electron chi connectivity index (χ2n) is 6.02. The lowest BCUT2D eigenvalue weighted by molar-refractivity contribution is -0.109. The zero-order valence-corrected chi connectivity index (χ0v) is 12.6. The number of aryl methyl sites for hydroxylation is 1.